The lowest BCUT2D eigenvalue weighted by molar-refractivity contribution is 0.731. The van der Waals surface area contributed by atoms with Crippen molar-refractivity contribution in [1.82, 2.24) is 19.7 Å². The van der Waals surface area contributed by atoms with Gasteiger partial charge in [0.2, 0.25) is 0 Å². The molecule has 0 spiro atoms. The molecule has 0 saturated heterocycles. The SMILES string of the molecule is Cc1nn(C)c(C)c1-c1cncc(Cl)n1. The summed E-state index contributed by atoms with van der Waals surface area (Å²) in [5.41, 5.74) is 3.77. The first kappa shape index (κ1) is 10.1. The maximum absolute atomic E-state index is 5.81. The van der Waals surface area contributed by atoms with Crippen molar-refractivity contribution in [2.45, 2.75) is 13.8 Å². The predicted molar refractivity (Wildman–Crippen MR) is 58.7 cm³/mol. The Morgan fingerprint density at radius 2 is 2.00 bits per heavy atom. The topological polar surface area (TPSA) is 43.6 Å². The number of halogens is 1. The zero-order valence-electron chi connectivity index (χ0n) is 8.82. The molecule has 0 fully saturated rings. The van der Waals surface area contributed by atoms with E-state index in [1.54, 1.807) is 6.20 Å². The molecule has 0 radical (unpaired) electrons. The monoisotopic (exact) mass is 222 g/mol. The van der Waals surface area contributed by atoms with Gasteiger partial charge in [-0.25, -0.2) is 4.98 Å². The molecule has 2 heterocycles. The van der Waals surface area contributed by atoms with Gasteiger partial charge in [0.15, 0.2) is 0 Å². The molecule has 0 bridgehead atoms. The van der Waals surface area contributed by atoms with E-state index < -0.39 is 0 Å². The van der Waals surface area contributed by atoms with E-state index in [0.717, 1.165) is 22.6 Å². The van der Waals surface area contributed by atoms with Crippen molar-refractivity contribution >= 4 is 11.6 Å². The molecule has 0 aliphatic heterocycles. The largest absolute Gasteiger partial charge is 0.272 e. The second-order valence-electron chi connectivity index (χ2n) is 3.40. The third-order valence-corrected chi connectivity index (χ3v) is 2.55. The first-order valence-electron chi connectivity index (χ1n) is 4.57. The lowest BCUT2D eigenvalue weighted by Gasteiger charge is -2.00. The van der Waals surface area contributed by atoms with Crippen molar-refractivity contribution in [3.63, 3.8) is 0 Å². The molecule has 4 nitrogen and oxygen atoms in total. The smallest absolute Gasteiger partial charge is 0.148 e. The van der Waals surface area contributed by atoms with Crippen LogP contribution in [-0.2, 0) is 7.05 Å². The van der Waals surface area contributed by atoms with Crippen molar-refractivity contribution in [3.8, 4) is 11.3 Å². The molecular formula is C10H11ClN4. The standard InChI is InChI=1S/C10H11ClN4/c1-6-10(7(2)15(3)14-6)8-4-12-5-9(11)13-8/h4-5H,1-3H3. The zero-order chi connectivity index (χ0) is 11.0. The Labute approximate surface area is 92.9 Å². The average Bonchev–Trinajstić information content (AvgIpc) is 2.41. The number of rotatable bonds is 1. The van der Waals surface area contributed by atoms with Crippen molar-refractivity contribution < 1.29 is 0 Å². The lowest BCUT2D eigenvalue weighted by Crippen LogP contribution is -1.93. The summed E-state index contributed by atoms with van der Waals surface area (Å²) in [7, 11) is 1.91. The Morgan fingerprint density at radius 3 is 2.53 bits per heavy atom. The second-order valence-corrected chi connectivity index (χ2v) is 3.78. The number of nitrogens with zero attached hydrogens (tertiary/aromatic N) is 4. The molecule has 78 valence electrons. The van der Waals surface area contributed by atoms with E-state index in [0.29, 0.717) is 5.15 Å². The fourth-order valence-electron chi connectivity index (χ4n) is 1.61. The summed E-state index contributed by atoms with van der Waals surface area (Å²) < 4.78 is 1.83. The molecule has 0 aromatic carbocycles. The van der Waals surface area contributed by atoms with Gasteiger partial charge in [-0.2, -0.15) is 5.10 Å². The molecule has 15 heavy (non-hydrogen) atoms. The molecule has 5 heteroatoms. The molecule has 0 aliphatic rings. The second kappa shape index (κ2) is 3.62. The third kappa shape index (κ3) is 1.72. The van der Waals surface area contributed by atoms with E-state index in [9.17, 15) is 0 Å². The minimum absolute atomic E-state index is 0.398. The van der Waals surface area contributed by atoms with Crippen LogP contribution in [0.4, 0.5) is 0 Å². The van der Waals surface area contributed by atoms with Gasteiger partial charge in [0, 0.05) is 18.3 Å². The lowest BCUT2D eigenvalue weighted by atomic mass is 10.1. The normalized spacial score (nSPS) is 10.7. The first-order valence-corrected chi connectivity index (χ1v) is 4.95. The van der Waals surface area contributed by atoms with Crippen LogP contribution in [0.25, 0.3) is 11.3 Å². The highest BCUT2D eigenvalue weighted by molar-refractivity contribution is 6.29. The van der Waals surface area contributed by atoms with Crippen molar-refractivity contribution in [3.05, 3.63) is 28.9 Å². The Balaban J connectivity index is 2.63. The van der Waals surface area contributed by atoms with Crippen molar-refractivity contribution in [2.24, 2.45) is 7.05 Å². The Kier molecular flexibility index (Phi) is 2.44. The van der Waals surface area contributed by atoms with Gasteiger partial charge in [0.05, 0.1) is 23.8 Å². The van der Waals surface area contributed by atoms with Gasteiger partial charge in [-0.3, -0.25) is 9.67 Å². The quantitative estimate of drug-likeness (QED) is 0.743. The van der Waals surface area contributed by atoms with Gasteiger partial charge in [0.1, 0.15) is 5.15 Å². The fourth-order valence-corrected chi connectivity index (χ4v) is 1.75. The van der Waals surface area contributed by atoms with Gasteiger partial charge >= 0.3 is 0 Å². The van der Waals surface area contributed by atoms with Gasteiger partial charge in [-0.15, -0.1) is 0 Å². The molecule has 2 aromatic heterocycles. The van der Waals surface area contributed by atoms with E-state index in [1.807, 2.05) is 25.6 Å². The van der Waals surface area contributed by atoms with Crippen molar-refractivity contribution in [2.75, 3.05) is 0 Å². The van der Waals surface area contributed by atoms with Crippen LogP contribution in [0.5, 0.6) is 0 Å². The molecule has 2 rings (SSSR count). The molecule has 0 saturated carbocycles. The molecule has 0 atom stereocenters. The maximum atomic E-state index is 5.81. The number of hydrogen-bond donors (Lipinski definition) is 0. The minimum Gasteiger partial charge on any atom is -0.272 e. The summed E-state index contributed by atoms with van der Waals surface area (Å²) in [6.07, 6.45) is 3.22. The zero-order valence-corrected chi connectivity index (χ0v) is 9.58. The summed E-state index contributed by atoms with van der Waals surface area (Å²) in [5, 5.41) is 4.72. The highest BCUT2D eigenvalue weighted by atomic mass is 35.5. The van der Waals surface area contributed by atoms with Crippen LogP contribution >= 0.6 is 11.6 Å². The van der Waals surface area contributed by atoms with Crippen LogP contribution in [0.2, 0.25) is 5.15 Å². The van der Waals surface area contributed by atoms with Crippen molar-refractivity contribution in [1.29, 1.82) is 0 Å². The first-order chi connectivity index (χ1) is 7.09. The summed E-state index contributed by atoms with van der Waals surface area (Å²) >= 11 is 5.81. The van der Waals surface area contributed by atoms with Crippen LogP contribution < -0.4 is 0 Å². The van der Waals surface area contributed by atoms with Crippen LogP contribution in [-0.4, -0.2) is 19.7 Å². The number of aromatic nitrogens is 4. The van der Waals surface area contributed by atoms with E-state index in [2.05, 4.69) is 15.1 Å². The molecular weight excluding hydrogens is 212 g/mol. The fraction of sp³-hybridized carbons (Fsp3) is 0.300. The Hall–Kier alpha value is -1.42. The molecule has 0 unspecified atom stereocenters. The van der Waals surface area contributed by atoms with Gasteiger partial charge < -0.3 is 0 Å². The van der Waals surface area contributed by atoms with Gasteiger partial charge in [0.25, 0.3) is 0 Å². The molecule has 0 aliphatic carbocycles. The predicted octanol–water partition coefficient (Wildman–Crippen LogP) is 2.15. The highest BCUT2D eigenvalue weighted by Crippen LogP contribution is 2.24. The Morgan fingerprint density at radius 1 is 1.27 bits per heavy atom. The highest BCUT2D eigenvalue weighted by Gasteiger charge is 2.13. The van der Waals surface area contributed by atoms with Crippen LogP contribution in [0.3, 0.4) is 0 Å². The average molecular weight is 223 g/mol. The number of hydrogen-bond acceptors (Lipinski definition) is 3. The minimum atomic E-state index is 0.398. The molecule has 0 N–H and O–H groups in total. The summed E-state index contributed by atoms with van der Waals surface area (Å²) in [4.78, 5) is 8.25. The third-order valence-electron chi connectivity index (χ3n) is 2.37. The molecule has 0 amide bonds. The summed E-state index contributed by atoms with van der Waals surface area (Å²) in [6.45, 7) is 3.95. The summed E-state index contributed by atoms with van der Waals surface area (Å²) in [6, 6.07) is 0. The molecule has 2 aromatic rings. The van der Waals surface area contributed by atoms with E-state index >= 15 is 0 Å². The van der Waals surface area contributed by atoms with Crippen LogP contribution in [0, 0.1) is 13.8 Å². The van der Waals surface area contributed by atoms with Gasteiger partial charge in [-0.1, -0.05) is 11.6 Å². The maximum Gasteiger partial charge on any atom is 0.148 e. The number of aryl methyl sites for hydroxylation is 2. The Bertz CT molecular complexity index is 504. The van der Waals surface area contributed by atoms with E-state index in [1.165, 1.54) is 6.20 Å². The van der Waals surface area contributed by atoms with Crippen LogP contribution in [0.1, 0.15) is 11.4 Å². The van der Waals surface area contributed by atoms with Gasteiger partial charge in [-0.05, 0) is 13.8 Å². The van der Waals surface area contributed by atoms with E-state index in [4.69, 9.17) is 11.6 Å². The van der Waals surface area contributed by atoms with E-state index in [-0.39, 0.29) is 0 Å². The summed E-state index contributed by atoms with van der Waals surface area (Å²) in [5.74, 6) is 0. The van der Waals surface area contributed by atoms with Crippen LogP contribution in [0.15, 0.2) is 12.4 Å².